The van der Waals surface area contributed by atoms with Gasteiger partial charge in [-0.3, -0.25) is 0 Å². The first-order valence-corrected chi connectivity index (χ1v) is 5.67. The van der Waals surface area contributed by atoms with Crippen LogP contribution in [0.25, 0.3) is 0 Å². The van der Waals surface area contributed by atoms with E-state index in [4.69, 9.17) is 5.26 Å². The molecule has 0 amide bonds. The maximum absolute atomic E-state index is 13.8. The predicted octanol–water partition coefficient (Wildman–Crippen LogP) is 3.00. The summed E-state index contributed by atoms with van der Waals surface area (Å²) in [6, 6.07) is 5.15. The lowest BCUT2D eigenvalue weighted by Gasteiger charge is -2.29. The number of benzene rings is 1. The molecule has 1 aliphatic rings. The molecule has 0 N–H and O–H groups in total. The van der Waals surface area contributed by atoms with Crippen LogP contribution in [0.5, 0.6) is 0 Å². The summed E-state index contributed by atoms with van der Waals surface area (Å²) in [5, 5.41) is 8.81. The van der Waals surface area contributed by atoms with Crippen molar-refractivity contribution < 1.29 is 4.39 Å². The third-order valence-electron chi connectivity index (χ3n) is 3.11. The number of halogens is 1. The van der Waals surface area contributed by atoms with Crippen molar-refractivity contribution in [1.29, 1.82) is 5.26 Å². The fourth-order valence-corrected chi connectivity index (χ4v) is 2.16. The Morgan fingerprint density at radius 3 is 2.56 bits per heavy atom. The van der Waals surface area contributed by atoms with Crippen LogP contribution in [0.4, 0.5) is 10.1 Å². The maximum Gasteiger partial charge on any atom is 0.147 e. The van der Waals surface area contributed by atoms with Crippen LogP contribution in [-0.4, -0.2) is 13.1 Å². The molecule has 1 aliphatic heterocycles. The first-order valence-electron chi connectivity index (χ1n) is 5.67. The van der Waals surface area contributed by atoms with Crippen LogP contribution < -0.4 is 4.90 Å². The van der Waals surface area contributed by atoms with Gasteiger partial charge in [0.15, 0.2) is 0 Å². The van der Waals surface area contributed by atoms with E-state index in [1.165, 1.54) is 12.5 Å². The lowest BCUT2D eigenvalue weighted by molar-refractivity contribution is 0.556. The Morgan fingerprint density at radius 2 is 1.94 bits per heavy atom. The quantitative estimate of drug-likeness (QED) is 0.724. The molecule has 0 spiro atoms. The van der Waals surface area contributed by atoms with Crippen molar-refractivity contribution >= 4 is 5.69 Å². The third kappa shape index (κ3) is 2.01. The van der Waals surface area contributed by atoms with Crippen LogP contribution in [0.15, 0.2) is 12.1 Å². The largest absolute Gasteiger partial charge is 0.369 e. The third-order valence-corrected chi connectivity index (χ3v) is 3.11. The fourth-order valence-electron chi connectivity index (χ4n) is 2.16. The van der Waals surface area contributed by atoms with Crippen molar-refractivity contribution in [1.82, 2.24) is 0 Å². The minimum absolute atomic E-state index is 0.274. The second-order valence-electron chi connectivity index (χ2n) is 4.28. The average molecular weight is 218 g/mol. The number of aryl methyl sites for hydroxylation is 1. The summed E-state index contributed by atoms with van der Waals surface area (Å²) in [6.45, 7) is 3.69. The van der Waals surface area contributed by atoms with E-state index in [2.05, 4.69) is 4.90 Å². The van der Waals surface area contributed by atoms with Crippen molar-refractivity contribution in [3.05, 3.63) is 29.1 Å². The van der Waals surface area contributed by atoms with Gasteiger partial charge >= 0.3 is 0 Å². The van der Waals surface area contributed by atoms with Gasteiger partial charge in [0, 0.05) is 13.1 Å². The van der Waals surface area contributed by atoms with Gasteiger partial charge in [-0.1, -0.05) is 0 Å². The Morgan fingerprint density at radius 1 is 1.25 bits per heavy atom. The summed E-state index contributed by atoms with van der Waals surface area (Å²) >= 11 is 0. The molecular formula is C13H15FN2. The lowest BCUT2D eigenvalue weighted by Crippen LogP contribution is -2.30. The zero-order chi connectivity index (χ0) is 11.5. The van der Waals surface area contributed by atoms with E-state index in [0.717, 1.165) is 31.5 Å². The Labute approximate surface area is 95.3 Å². The topological polar surface area (TPSA) is 27.0 Å². The van der Waals surface area contributed by atoms with E-state index >= 15 is 0 Å². The molecule has 1 saturated heterocycles. The van der Waals surface area contributed by atoms with E-state index in [1.54, 1.807) is 6.07 Å². The maximum atomic E-state index is 13.8. The predicted molar refractivity (Wildman–Crippen MR) is 61.9 cm³/mol. The fraction of sp³-hybridized carbons (Fsp3) is 0.462. The zero-order valence-corrected chi connectivity index (χ0v) is 9.46. The number of nitrogens with zero attached hydrogens (tertiary/aromatic N) is 2. The summed E-state index contributed by atoms with van der Waals surface area (Å²) < 4.78 is 13.8. The normalized spacial score (nSPS) is 15.9. The monoisotopic (exact) mass is 218 g/mol. The highest BCUT2D eigenvalue weighted by atomic mass is 19.1. The van der Waals surface area contributed by atoms with E-state index in [0.29, 0.717) is 11.3 Å². The van der Waals surface area contributed by atoms with E-state index in [-0.39, 0.29) is 5.82 Å². The standard InChI is InChI=1S/C13H15FN2/c1-10-7-13(12(14)8-11(10)9-15)16-5-3-2-4-6-16/h7-8H,2-6H2,1H3. The first-order chi connectivity index (χ1) is 7.72. The molecule has 0 aliphatic carbocycles. The molecule has 0 unspecified atom stereocenters. The molecule has 0 atom stereocenters. The van der Waals surface area contributed by atoms with Crippen molar-refractivity contribution in [3.63, 3.8) is 0 Å². The summed E-state index contributed by atoms with van der Waals surface area (Å²) in [5.41, 5.74) is 1.93. The van der Waals surface area contributed by atoms with Crippen LogP contribution in [0.1, 0.15) is 30.4 Å². The summed E-state index contributed by atoms with van der Waals surface area (Å²) in [5.74, 6) is -0.274. The van der Waals surface area contributed by atoms with Crippen molar-refractivity contribution in [2.24, 2.45) is 0 Å². The van der Waals surface area contributed by atoms with Crippen LogP contribution in [-0.2, 0) is 0 Å². The number of hydrogen-bond donors (Lipinski definition) is 0. The number of rotatable bonds is 1. The molecule has 1 fully saturated rings. The molecule has 84 valence electrons. The zero-order valence-electron chi connectivity index (χ0n) is 9.46. The van der Waals surface area contributed by atoms with Crippen LogP contribution in [0, 0.1) is 24.1 Å². The van der Waals surface area contributed by atoms with Gasteiger partial charge in [-0.2, -0.15) is 5.26 Å². The van der Waals surface area contributed by atoms with Gasteiger partial charge in [-0.15, -0.1) is 0 Å². The SMILES string of the molecule is Cc1cc(N2CCCCC2)c(F)cc1C#N. The Hall–Kier alpha value is -1.56. The van der Waals surface area contributed by atoms with E-state index in [9.17, 15) is 4.39 Å². The molecule has 2 rings (SSSR count). The molecule has 1 heterocycles. The number of piperidine rings is 1. The molecular weight excluding hydrogens is 203 g/mol. The van der Waals surface area contributed by atoms with Gasteiger partial charge in [0.2, 0.25) is 0 Å². The molecule has 1 aromatic carbocycles. The van der Waals surface area contributed by atoms with Gasteiger partial charge in [0.25, 0.3) is 0 Å². The summed E-state index contributed by atoms with van der Waals surface area (Å²) in [7, 11) is 0. The molecule has 3 heteroatoms. The van der Waals surface area contributed by atoms with Crippen molar-refractivity contribution in [2.75, 3.05) is 18.0 Å². The number of anilines is 1. The van der Waals surface area contributed by atoms with Crippen LogP contribution in [0.3, 0.4) is 0 Å². The summed E-state index contributed by atoms with van der Waals surface area (Å²) in [4.78, 5) is 2.08. The Bertz CT molecular complexity index is 428. The van der Waals surface area contributed by atoms with Gasteiger partial charge in [-0.05, 0) is 43.9 Å². The number of nitriles is 1. The molecule has 0 saturated carbocycles. The molecule has 2 nitrogen and oxygen atoms in total. The number of hydrogen-bond acceptors (Lipinski definition) is 2. The molecule has 0 radical (unpaired) electrons. The summed E-state index contributed by atoms with van der Waals surface area (Å²) in [6.07, 6.45) is 3.48. The van der Waals surface area contributed by atoms with Crippen molar-refractivity contribution in [2.45, 2.75) is 26.2 Å². The molecule has 1 aromatic rings. The highest BCUT2D eigenvalue weighted by molar-refractivity contribution is 5.54. The second-order valence-corrected chi connectivity index (χ2v) is 4.28. The Kier molecular flexibility index (Phi) is 3.09. The minimum atomic E-state index is -0.274. The van der Waals surface area contributed by atoms with Crippen molar-refractivity contribution in [3.8, 4) is 6.07 Å². The highest BCUT2D eigenvalue weighted by Gasteiger charge is 2.16. The van der Waals surface area contributed by atoms with Crippen LogP contribution >= 0.6 is 0 Å². The van der Waals surface area contributed by atoms with E-state index in [1.807, 2.05) is 13.0 Å². The second kappa shape index (κ2) is 4.52. The van der Waals surface area contributed by atoms with Gasteiger partial charge in [0.1, 0.15) is 5.82 Å². The minimum Gasteiger partial charge on any atom is -0.369 e. The average Bonchev–Trinajstić information content (AvgIpc) is 2.32. The first kappa shape index (κ1) is 10.9. The molecule has 0 bridgehead atoms. The van der Waals surface area contributed by atoms with Gasteiger partial charge < -0.3 is 4.90 Å². The highest BCUT2D eigenvalue weighted by Crippen LogP contribution is 2.26. The van der Waals surface area contributed by atoms with E-state index < -0.39 is 0 Å². The molecule has 0 aromatic heterocycles. The Balaban J connectivity index is 2.34. The molecule has 16 heavy (non-hydrogen) atoms. The van der Waals surface area contributed by atoms with Crippen LogP contribution in [0.2, 0.25) is 0 Å². The van der Waals surface area contributed by atoms with Gasteiger partial charge in [0.05, 0.1) is 17.3 Å². The van der Waals surface area contributed by atoms with Gasteiger partial charge in [-0.25, -0.2) is 4.39 Å². The smallest absolute Gasteiger partial charge is 0.147 e. The lowest BCUT2D eigenvalue weighted by atomic mass is 10.1.